The number of carbonyl (C=O) groups excluding carboxylic acids is 1. The Kier molecular flexibility index (Phi) is 7.41. The Morgan fingerprint density at radius 2 is 1.72 bits per heavy atom. The van der Waals surface area contributed by atoms with E-state index < -0.39 is 0 Å². The molecule has 5 heteroatoms. The van der Waals surface area contributed by atoms with Crippen molar-refractivity contribution in [3.05, 3.63) is 29.8 Å². The minimum atomic E-state index is -0.156. The van der Waals surface area contributed by atoms with Crippen molar-refractivity contribution in [3.8, 4) is 0 Å². The molecular weight excluding hydrogens is 314 g/mol. The number of benzene rings is 1. The lowest BCUT2D eigenvalue weighted by Gasteiger charge is -2.40. The standard InChI is InChI=1S/C20H33N3O2/c1-5-17(14-24)23-12-10-22(11-13-23)16(4)20(25)21-19-9-7-6-8-18(19)15(2)3/h6-9,15-17,24H,5,10-14H2,1-4H3,(H,21,25). The maximum Gasteiger partial charge on any atom is 0.241 e. The number of aliphatic hydroxyl groups excluding tert-OH is 1. The number of anilines is 1. The Morgan fingerprint density at radius 3 is 2.28 bits per heavy atom. The molecule has 1 aromatic carbocycles. The average molecular weight is 348 g/mol. The molecule has 1 fully saturated rings. The van der Waals surface area contributed by atoms with Crippen molar-refractivity contribution in [2.45, 2.75) is 52.1 Å². The molecule has 2 unspecified atom stereocenters. The average Bonchev–Trinajstić information content (AvgIpc) is 2.63. The third-order valence-electron chi connectivity index (χ3n) is 5.32. The van der Waals surface area contributed by atoms with Crippen LogP contribution in [-0.4, -0.2) is 65.7 Å². The van der Waals surface area contributed by atoms with Crippen molar-refractivity contribution in [2.24, 2.45) is 0 Å². The molecular formula is C20H33N3O2. The van der Waals surface area contributed by atoms with E-state index in [1.54, 1.807) is 0 Å². The number of para-hydroxylation sites is 1. The Bertz CT molecular complexity index is 550. The first kappa shape index (κ1) is 19.9. The van der Waals surface area contributed by atoms with Gasteiger partial charge in [-0.05, 0) is 30.9 Å². The summed E-state index contributed by atoms with van der Waals surface area (Å²) in [6.45, 7) is 12.1. The van der Waals surface area contributed by atoms with Gasteiger partial charge in [0, 0.05) is 37.9 Å². The van der Waals surface area contributed by atoms with E-state index in [1.807, 2.05) is 25.1 Å². The zero-order valence-corrected chi connectivity index (χ0v) is 16.0. The molecule has 1 saturated heterocycles. The summed E-state index contributed by atoms with van der Waals surface area (Å²) in [4.78, 5) is 17.3. The third-order valence-corrected chi connectivity index (χ3v) is 5.32. The Labute approximate surface area is 152 Å². The normalized spacial score (nSPS) is 19.0. The fourth-order valence-corrected chi connectivity index (χ4v) is 3.51. The summed E-state index contributed by atoms with van der Waals surface area (Å²) in [6, 6.07) is 8.11. The summed E-state index contributed by atoms with van der Waals surface area (Å²) in [7, 11) is 0. The van der Waals surface area contributed by atoms with Crippen molar-refractivity contribution in [1.29, 1.82) is 0 Å². The minimum absolute atomic E-state index is 0.0516. The molecule has 1 aromatic rings. The SMILES string of the molecule is CCC(CO)N1CCN(C(C)C(=O)Nc2ccccc2C(C)C)CC1. The molecule has 140 valence electrons. The summed E-state index contributed by atoms with van der Waals surface area (Å²) >= 11 is 0. The van der Waals surface area contributed by atoms with Crippen LogP contribution in [0.1, 0.15) is 45.6 Å². The molecule has 0 radical (unpaired) electrons. The summed E-state index contributed by atoms with van der Waals surface area (Å²) in [5.41, 5.74) is 2.08. The number of nitrogens with one attached hydrogen (secondary N) is 1. The first-order valence-electron chi connectivity index (χ1n) is 9.46. The molecule has 0 aliphatic carbocycles. The molecule has 2 atom stereocenters. The van der Waals surface area contributed by atoms with E-state index in [2.05, 4.69) is 42.0 Å². The number of nitrogens with zero attached hydrogens (tertiary/aromatic N) is 2. The summed E-state index contributed by atoms with van der Waals surface area (Å²) in [5, 5.41) is 12.6. The van der Waals surface area contributed by atoms with Gasteiger partial charge in [0.2, 0.25) is 5.91 Å². The van der Waals surface area contributed by atoms with E-state index >= 15 is 0 Å². The Balaban J connectivity index is 1.93. The van der Waals surface area contributed by atoms with Gasteiger partial charge < -0.3 is 10.4 Å². The van der Waals surface area contributed by atoms with E-state index in [0.717, 1.165) is 38.3 Å². The second kappa shape index (κ2) is 9.32. The third kappa shape index (κ3) is 5.03. The summed E-state index contributed by atoms with van der Waals surface area (Å²) in [6.07, 6.45) is 0.957. The molecule has 1 heterocycles. The maximum atomic E-state index is 12.7. The summed E-state index contributed by atoms with van der Waals surface area (Å²) < 4.78 is 0. The van der Waals surface area contributed by atoms with E-state index in [0.29, 0.717) is 5.92 Å². The summed E-state index contributed by atoms with van der Waals surface area (Å²) in [5.74, 6) is 0.426. The zero-order valence-electron chi connectivity index (χ0n) is 16.0. The quantitative estimate of drug-likeness (QED) is 0.796. The van der Waals surface area contributed by atoms with E-state index in [9.17, 15) is 9.90 Å². The Morgan fingerprint density at radius 1 is 1.12 bits per heavy atom. The number of amides is 1. The van der Waals surface area contributed by atoms with Gasteiger partial charge in [0.1, 0.15) is 0 Å². The van der Waals surface area contributed by atoms with E-state index in [1.165, 1.54) is 5.56 Å². The number of hydrogen-bond acceptors (Lipinski definition) is 4. The van der Waals surface area contributed by atoms with Crippen LogP contribution in [0.5, 0.6) is 0 Å². The largest absolute Gasteiger partial charge is 0.395 e. The smallest absolute Gasteiger partial charge is 0.241 e. The van der Waals surface area contributed by atoms with Crippen LogP contribution in [0, 0.1) is 0 Å². The fourth-order valence-electron chi connectivity index (χ4n) is 3.51. The van der Waals surface area contributed by atoms with Crippen molar-refractivity contribution in [3.63, 3.8) is 0 Å². The van der Waals surface area contributed by atoms with Crippen LogP contribution >= 0.6 is 0 Å². The molecule has 0 aromatic heterocycles. The molecule has 2 rings (SSSR count). The molecule has 0 saturated carbocycles. The van der Waals surface area contributed by atoms with E-state index in [-0.39, 0.29) is 24.6 Å². The van der Waals surface area contributed by atoms with Crippen LogP contribution in [0.3, 0.4) is 0 Å². The van der Waals surface area contributed by atoms with Gasteiger partial charge in [0.15, 0.2) is 0 Å². The predicted octanol–water partition coefficient (Wildman–Crippen LogP) is 2.53. The van der Waals surface area contributed by atoms with Gasteiger partial charge in [-0.3, -0.25) is 14.6 Å². The highest BCUT2D eigenvalue weighted by atomic mass is 16.3. The highest BCUT2D eigenvalue weighted by Gasteiger charge is 2.28. The second-order valence-corrected chi connectivity index (χ2v) is 7.22. The number of aliphatic hydroxyl groups is 1. The molecule has 2 N–H and O–H groups in total. The van der Waals surface area contributed by atoms with Crippen LogP contribution < -0.4 is 5.32 Å². The van der Waals surface area contributed by atoms with Crippen LogP contribution in [0.25, 0.3) is 0 Å². The van der Waals surface area contributed by atoms with Gasteiger partial charge in [0.25, 0.3) is 0 Å². The van der Waals surface area contributed by atoms with Crippen LogP contribution in [-0.2, 0) is 4.79 Å². The molecule has 1 aliphatic rings. The van der Waals surface area contributed by atoms with Crippen molar-refractivity contribution >= 4 is 11.6 Å². The van der Waals surface area contributed by atoms with Crippen molar-refractivity contribution in [1.82, 2.24) is 9.80 Å². The molecule has 1 aliphatic heterocycles. The highest BCUT2D eigenvalue weighted by Crippen LogP contribution is 2.24. The van der Waals surface area contributed by atoms with Gasteiger partial charge >= 0.3 is 0 Å². The van der Waals surface area contributed by atoms with Crippen molar-refractivity contribution < 1.29 is 9.90 Å². The van der Waals surface area contributed by atoms with Gasteiger partial charge in [-0.2, -0.15) is 0 Å². The van der Waals surface area contributed by atoms with Crippen LogP contribution in [0.4, 0.5) is 5.69 Å². The Hall–Kier alpha value is -1.43. The lowest BCUT2D eigenvalue weighted by molar-refractivity contribution is -0.121. The van der Waals surface area contributed by atoms with Gasteiger partial charge in [-0.15, -0.1) is 0 Å². The van der Waals surface area contributed by atoms with E-state index in [4.69, 9.17) is 0 Å². The molecule has 1 amide bonds. The topological polar surface area (TPSA) is 55.8 Å². The lowest BCUT2D eigenvalue weighted by atomic mass is 10.0. The van der Waals surface area contributed by atoms with Gasteiger partial charge in [-0.1, -0.05) is 39.0 Å². The lowest BCUT2D eigenvalue weighted by Crippen LogP contribution is -2.55. The monoisotopic (exact) mass is 347 g/mol. The molecule has 5 nitrogen and oxygen atoms in total. The highest BCUT2D eigenvalue weighted by molar-refractivity contribution is 5.95. The van der Waals surface area contributed by atoms with Crippen molar-refractivity contribution in [2.75, 3.05) is 38.1 Å². The second-order valence-electron chi connectivity index (χ2n) is 7.22. The molecule has 25 heavy (non-hydrogen) atoms. The van der Waals surface area contributed by atoms with Gasteiger partial charge in [-0.25, -0.2) is 0 Å². The van der Waals surface area contributed by atoms with Crippen LogP contribution in [0.2, 0.25) is 0 Å². The first-order chi connectivity index (χ1) is 12.0. The predicted molar refractivity (Wildman–Crippen MR) is 103 cm³/mol. The maximum absolute atomic E-state index is 12.7. The molecule has 0 bridgehead atoms. The molecule has 0 spiro atoms. The number of piperazine rings is 1. The number of hydrogen-bond donors (Lipinski definition) is 2. The number of rotatable bonds is 7. The van der Waals surface area contributed by atoms with Crippen LogP contribution in [0.15, 0.2) is 24.3 Å². The fraction of sp³-hybridized carbons (Fsp3) is 0.650. The number of carbonyl (C=O) groups is 1. The first-order valence-corrected chi connectivity index (χ1v) is 9.46. The minimum Gasteiger partial charge on any atom is -0.395 e. The zero-order chi connectivity index (χ0) is 18.4. The van der Waals surface area contributed by atoms with Gasteiger partial charge in [0.05, 0.1) is 12.6 Å².